The maximum Gasteiger partial charge on any atom is 0.243 e. The maximum absolute atomic E-state index is 13.9. The van der Waals surface area contributed by atoms with Crippen LogP contribution in [0.15, 0.2) is 60.7 Å². The number of fused-ring (bicyclic) bond motifs is 5. The average molecular weight is 576 g/mol. The SMILES string of the molecule is COc1ccc2c(c1)[C@@H]1C[C@H]2OC/C=C/C[C@H](N2CC[C@H](CC(C)C)C2=O)C(=O)N[C@@H](Cc2ccccc2)[C@H](O)CN1. The van der Waals surface area contributed by atoms with Gasteiger partial charge in [0.25, 0.3) is 0 Å². The van der Waals surface area contributed by atoms with Crippen molar-refractivity contribution in [3.63, 3.8) is 0 Å². The molecule has 2 amide bonds. The molecule has 42 heavy (non-hydrogen) atoms. The van der Waals surface area contributed by atoms with E-state index in [-0.39, 0.29) is 36.4 Å². The number of β-amino-alcohol motifs (C(OH)–C–C–N with tert-alkyl or cyclic N) is 1. The summed E-state index contributed by atoms with van der Waals surface area (Å²) in [5, 5.41) is 18.2. The number of likely N-dealkylation sites (tertiary alicyclic amines) is 1. The van der Waals surface area contributed by atoms with Crippen LogP contribution in [-0.2, 0) is 20.7 Å². The summed E-state index contributed by atoms with van der Waals surface area (Å²) in [5.74, 6) is 0.967. The lowest BCUT2D eigenvalue weighted by Crippen LogP contribution is -2.55. The summed E-state index contributed by atoms with van der Waals surface area (Å²) in [6.45, 7) is 5.51. The first-order valence-electron chi connectivity index (χ1n) is 15.3. The van der Waals surface area contributed by atoms with E-state index in [1.807, 2.05) is 54.6 Å². The maximum atomic E-state index is 13.9. The molecule has 3 aliphatic rings. The molecule has 0 unspecified atom stereocenters. The Kier molecular flexibility index (Phi) is 9.98. The molecule has 2 bridgehead atoms. The molecule has 1 fully saturated rings. The molecule has 2 heterocycles. The van der Waals surface area contributed by atoms with Crippen molar-refractivity contribution in [3.8, 4) is 5.75 Å². The van der Waals surface area contributed by atoms with Crippen LogP contribution in [0.25, 0.3) is 0 Å². The molecule has 3 N–H and O–H groups in total. The van der Waals surface area contributed by atoms with Crippen LogP contribution in [0, 0.1) is 11.8 Å². The first-order chi connectivity index (χ1) is 20.3. The van der Waals surface area contributed by atoms with Gasteiger partial charge in [0.2, 0.25) is 11.8 Å². The molecule has 0 radical (unpaired) electrons. The Hall–Kier alpha value is -3.20. The first-order valence-corrected chi connectivity index (χ1v) is 15.3. The number of benzene rings is 2. The summed E-state index contributed by atoms with van der Waals surface area (Å²) in [6, 6.07) is 14.7. The highest BCUT2D eigenvalue weighted by atomic mass is 16.5. The number of carbonyl (C=O) groups is 2. The van der Waals surface area contributed by atoms with Crippen LogP contribution in [0.2, 0.25) is 0 Å². The van der Waals surface area contributed by atoms with Crippen LogP contribution in [0.4, 0.5) is 0 Å². The quantitative estimate of drug-likeness (QED) is 0.449. The minimum atomic E-state index is -0.854. The fraction of sp³-hybridized carbons (Fsp3) is 0.529. The second-order valence-electron chi connectivity index (χ2n) is 12.3. The zero-order valence-corrected chi connectivity index (χ0v) is 25.0. The summed E-state index contributed by atoms with van der Waals surface area (Å²) in [5.41, 5.74) is 3.25. The van der Waals surface area contributed by atoms with E-state index in [0.29, 0.717) is 31.9 Å². The van der Waals surface area contributed by atoms with Gasteiger partial charge >= 0.3 is 0 Å². The number of amides is 2. The Balaban J connectivity index is 1.42. The van der Waals surface area contributed by atoms with Gasteiger partial charge in [0.15, 0.2) is 0 Å². The molecule has 226 valence electrons. The number of carbonyl (C=O) groups excluding carboxylic acids is 2. The van der Waals surface area contributed by atoms with Crippen molar-refractivity contribution in [2.24, 2.45) is 11.8 Å². The molecule has 8 heteroatoms. The monoisotopic (exact) mass is 575 g/mol. The number of hydrogen-bond acceptors (Lipinski definition) is 6. The van der Waals surface area contributed by atoms with Crippen molar-refractivity contribution in [2.75, 3.05) is 26.8 Å². The summed E-state index contributed by atoms with van der Waals surface area (Å²) in [6.07, 6.45) is 6.15. The second kappa shape index (κ2) is 13.8. The molecule has 5 rings (SSSR count). The minimum Gasteiger partial charge on any atom is -0.497 e. The third-order valence-corrected chi connectivity index (χ3v) is 8.84. The molecule has 2 aliphatic heterocycles. The third-order valence-electron chi connectivity index (χ3n) is 8.84. The highest BCUT2D eigenvalue weighted by Crippen LogP contribution is 2.42. The van der Waals surface area contributed by atoms with Gasteiger partial charge in [-0.15, -0.1) is 0 Å². The largest absolute Gasteiger partial charge is 0.497 e. The van der Waals surface area contributed by atoms with Crippen LogP contribution in [-0.4, -0.2) is 66.8 Å². The fourth-order valence-electron chi connectivity index (χ4n) is 6.63. The molecular formula is C34H45N3O5. The van der Waals surface area contributed by atoms with Crippen LogP contribution in [0.5, 0.6) is 5.75 Å². The Labute approximate surface area is 249 Å². The van der Waals surface area contributed by atoms with E-state index >= 15 is 0 Å². The molecule has 2 aromatic rings. The normalized spacial score (nSPS) is 29.5. The van der Waals surface area contributed by atoms with E-state index in [9.17, 15) is 14.7 Å². The topological polar surface area (TPSA) is 100 Å². The molecule has 1 aliphatic carbocycles. The van der Waals surface area contributed by atoms with Gasteiger partial charge in [0, 0.05) is 25.0 Å². The van der Waals surface area contributed by atoms with Gasteiger partial charge in [-0.2, -0.15) is 0 Å². The van der Waals surface area contributed by atoms with Gasteiger partial charge in [0.1, 0.15) is 11.8 Å². The summed E-state index contributed by atoms with van der Waals surface area (Å²) >= 11 is 0. The number of aliphatic hydroxyl groups is 1. The predicted octanol–water partition coefficient (Wildman–Crippen LogP) is 4.10. The molecule has 0 aromatic heterocycles. The van der Waals surface area contributed by atoms with Crippen LogP contribution < -0.4 is 15.4 Å². The number of ether oxygens (including phenoxy) is 2. The second-order valence-corrected chi connectivity index (χ2v) is 12.3. The van der Waals surface area contributed by atoms with E-state index in [2.05, 4.69) is 30.5 Å². The lowest BCUT2D eigenvalue weighted by Gasteiger charge is -2.31. The van der Waals surface area contributed by atoms with Gasteiger partial charge in [-0.1, -0.05) is 62.4 Å². The van der Waals surface area contributed by atoms with Crippen molar-refractivity contribution < 1.29 is 24.2 Å². The van der Waals surface area contributed by atoms with Crippen LogP contribution in [0.3, 0.4) is 0 Å². The number of rotatable bonds is 6. The van der Waals surface area contributed by atoms with E-state index in [0.717, 1.165) is 41.7 Å². The Morgan fingerprint density at radius 2 is 1.90 bits per heavy atom. The zero-order valence-electron chi connectivity index (χ0n) is 25.0. The van der Waals surface area contributed by atoms with Crippen molar-refractivity contribution in [1.82, 2.24) is 15.5 Å². The lowest BCUT2D eigenvalue weighted by molar-refractivity contribution is -0.140. The molecule has 2 aromatic carbocycles. The summed E-state index contributed by atoms with van der Waals surface area (Å²) < 4.78 is 11.8. The van der Waals surface area contributed by atoms with Crippen LogP contribution in [0.1, 0.15) is 68.4 Å². The number of nitrogens with zero attached hydrogens (tertiary/aromatic N) is 1. The molecule has 1 saturated heterocycles. The molecule has 0 saturated carbocycles. The number of hydrogen-bond donors (Lipinski definition) is 3. The highest BCUT2D eigenvalue weighted by Gasteiger charge is 2.40. The molecule has 8 nitrogen and oxygen atoms in total. The molecular weight excluding hydrogens is 530 g/mol. The Bertz CT molecular complexity index is 1250. The van der Waals surface area contributed by atoms with E-state index < -0.39 is 18.2 Å². The van der Waals surface area contributed by atoms with Gasteiger partial charge in [-0.3, -0.25) is 9.59 Å². The predicted molar refractivity (Wildman–Crippen MR) is 162 cm³/mol. The summed E-state index contributed by atoms with van der Waals surface area (Å²) in [4.78, 5) is 29.1. The van der Waals surface area contributed by atoms with E-state index in [1.54, 1.807) is 12.0 Å². The van der Waals surface area contributed by atoms with Crippen molar-refractivity contribution >= 4 is 11.8 Å². The van der Waals surface area contributed by atoms with E-state index in [4.69, 9.17) is 9.47 Å². The standard InChI is InChI=1S/C34H45N3O5/c1-22(2)17-24-14-15-37(34(24)40)30-11-7-8-16-42-32-20-28(27-19-25(41-3)12-13-26(27)32)35-21-31(38)29(36-33(30)39)18-23-9-5-4-6-10-23/h4-10,12-13,19,22,24,28-32,35,38H,11,14-18,20-21H2,1-3H3,(H,36,39)/b8-7+/t24-,28+,29+,30+,31-,32-/m1/s1. The molecule has 0 spiro atoms. The number of aliphatic hydroxyl groups excluding tert-OH is 1. The van der Waals surface area contributed by atoms with Gasteiger partial charge in [-0.25, -0.2) is 0 Å². The minimum absolute atomic E-state index is 0.0233. The number of methoxy groups -OCH3 is 1. The van der Waals surface area contributed by atoms with Crippen molar-refractivity contribution in [3.05, 3.63) is 77.4 Å². The van der Waals surface area contributed by atoms with Gasteiger partial charge in [0.05, 0.1) is 32.0 Å². The zero-order chi connectivity index (χ0) is 29.6. The first kappa shape index (κ1) is 30.3. The third kappa shape index (κ3) is 7.05. The smallest absolute Gasteiger partial charge is 0.243 e. The van der Waals surface area contributed by atoms with Crippen LogP contribution >= 0.6 is 0 Å². The van der Waals surface area contributed by atoms with E-state index in [1.165, 1.54) is 0 Å². The lowest BCUT2D eigenvalue weighted by atomic mass is 9.96. The number of nitrogens with one attached hydrogen (secondary N) is 2. The fourth-order valence-corrected chi connectivity index (χ4v) is 6.63. The molecule has 6 atom stereocenters. The summed E-state index contributed by atoms with van der Waals surface area (Å²) in [7, 11) is 1.66. The van der Waals surface area contributed by atoms with Gasteiger partial charge in [-0.05, 0) is 66.8 Å². The average Bonchev–Trinajstić information content (AvgIpc) is 3.51. The Morgan fingerprint density at radius 1 is 1.10 bits per heavy atom. The van der Waals surface area contributed by atoms with Crippen molar-refractivity contribution in [2.45, 2.75) is 76.3 Å². The highest BCUT2D eigenvalue weighted by molar-refractivity contribution is 5.90. The van der Waals surface area contributed by atoms with Gasteiger partial charge < -0.3 is 30.1 Å². The Morgan fingerprint density at radius 3 is 2.67 bits per heavy atom. The van der Waals surface area contributed by atoms with Crippen molar-refractivity contribution in [1.29, 1.82) is 0 Å².